The van der Waals surface area contributed by atoms with Crippen LogP contribution in [0.4, 0.5) is 18.9 Å². The summed E-state index contributed by atoms with van der Waals surface area (Å²) in [6, 6.07) is 12.1. The van der Waals surface area contributed by atoms with Crippen molar-refractivity contribution in [1.29, 1.82) is 0 Å². The van der Waals surface area contributed by atoms with Gasteiger partial charge in [-0.1, -0.05) is 12.1 Å². The Morgan fingerprint density at radius 2 is 1.68 bits per heavy atom. The summed E-state index contributed by atoms with van der Waals surface area (Å²) in [7, 11) is 0. The Morgan fingerprint density at radius 1 is 1.06 bits per heavy atom. The highest BCUT2D eigenvalue weighted by Crippen LogP contribution is 2.31. The molecular formula is C20H13F3N4O4. The molecular weight excluding hydrogens is 417 g/mol. The average Bonchev–Trinajstić information content (AvgIpc) is 3.04. The van der Waals surface area contributed by atoms with Gasteiger partial charge in [0.25, 0.3) is 11.2 Å². The van der Waals surface area contributed by atoms with Gasteiger partial charge in [-0.15, -0.1) is 13.2 Å². The summed E-state index contributed by atoms with van der Waals surface area (Å²) in [4.78, 5) is 27.4. The number of nitrogens with zero attached hydrogens (tertiary/aromatic N) is 3. The number of hydrogen-bond acceptors (Lipinski definition) is 5. The lowest BCUT2D eigenvalue weighted by Crippen LogP contribution is -2.16. The summed E-state index contributed by atoms with van der Waals surface area (Å²) >= 11 is 0. The zero-order valence-corrected chi connectivity index (χ0v) is 15.8. The first-order valence-electron chi connectivity index (χ1n) is 8.86. The van der Waals surface area contributed by atoms with Crippen molar-refractivity contribution < 1.29 is 22.8 Å². The molecule has 8 nitrogen and oxygen atoms in total. The third-order valence-electron chi connectivity index (χ3n) is 4.55. The Labute approximate surface area is 171 Å². The van der Waals surface area contributed by atoms with Gasteiger partial charge < -0.3 is 4.74 Å². The molecule has 4 rings (SSSR count). The van der Waals surface area contributed by atoms with Gasteiger partial charge in [0.2, 0.25) is 0 Å². The fraction of sp³-hybridized carbons (Fsp3) is 0.100. The second-order valence-electron chi connectivity index (χ2n) is 6.63. The molecule has 0 saturated heterocycles. The second kappa shape index (κ2) is 7.27. The highest BCUT2D eigenvalue weighted by atomic mass is 19.4. The van der Waals surface area contributed by atoms with Gasteiger partial charge in [0.15, 0.2) is 5.65 Å². The Hall–Kier alpha value is -4.15. The van der Waals surface area contributed by atoms with Crippen LogP contribution < -0.4 is 10.3 Å². The molecule has 0 aliphatic carbocycles. The first-order valence-corrected chi connectivity index (χ1v) is 8.86. The first kappa shape index (κ1) is 20.1. The summed E-state index contributed by atoms with van der Waals surface area (Å²) in [5.74, 6) is -0.370. The molecule has 0 aliphatic rings. The molecule has 1 N–H and O–H groups in total. The lowest BCUT2D eigenvalue weighted by Gasteiger charge is -2.09. The number of halogens is 3. The molecule has 4 aromatic rings. The van der Waals surface area contributed by atoms with Gasteiger partial charge in [0, 0.05) is 35.0 Å². The van der Waals surface area contributed by atoms with Crippen molar-refractivity contribution in [2.45, 2.75) is 13.3 Å². The van der Waals surface area contributed by atoms with Crippen LogP contribution in [-0.4, -0.2) is 25.9 Å². The highest BCUT2D eigenvalue weighted by molar-refractivity contribution is 5.81. The monoisotopic (exact) mass is 430 g/mol. The van der Waals surface area contributed by atoms with Crippen LogP contribution in [0.1, 0.15) is 5.69 Å². The van der Waals surface area contributed by atoms with Gasteiger partial charge in [0.05, 0.1) is 10.6 Å². The van der Waals surface area contributed by atoms with Crippen LogP contribution in [0.5, 0.6) is 5.75 Å². The second-order valence-corrected chi connectivity index (χ2v) is 6.63. The number of H-pyrrole nitrogens is 1. The van der Waals surface area contributed by atoms with E-state index in [1.54, 1.807) is 6.92 Å². The summed E-state index contributed by atoms with van der Waals surface area (Å²) < 4.78 is 42.3. The normalized spacial score (nSPS) is 11.6. The van der Waals surface area contributed by atoms with Crippen molar-refractivity contribution in [2.75, 3.05) is 0 Å². The fourth-order valence-corrected chi connectivity index (χ4v) is 3.22. The van der Waals surface area contributed by atoms with Crippen molar-refractivity contribution in [3.05, 3.63) is 80.8 Å². The summed E-state index contributed by atoms with van der Waals surface area (Å²) in [5.41, 5.74) is 2.20. The standard InChI is InChI=1S/C20H13F3N4O4/c1-11-18(13-4-8-15(9-5-13)31-20(21,22)23)19-24-16(10-17(28)26(19)25-11)12-2-6-14(7-3-12)27(29)30/h2-10,25H,1H3. The van der Waals surface area contributed by atoms with Gasteiger partial charge in [-0.3, -0.25) is 20.0 Å². The molecule has 0 aliphatic heterocycles. The van der Waals surface area contributed by atoms with Crippen molar-refractivity contribution >= 4 is 11.3 Å². The molecule has 31 heavy (non-hydrogen) atoms. The number of non-ortho nitro benzene ring substituents is 1. The molecule has 2 aromatic heterocycles. The topological polar surface area (TPSA) is 103 Å². The van der Waals surface area contributed by atoms with E-state index in [2.05, 4.69) is 14.8 Å². The van der Waals surface area contributed by atoms with Crippen LogP contribution in [0.3, 0.4) is 0 Å². The summed E-state index contributed by atoms with van der Waals surface area (Å²) in [5, 5.41) is 13.7. The van der Waals surface area contributed by atoms with Crippen LogP contribution in [-0.2, 0) is 0 Å². The van der Waals surface area contributed by atoms with Crippen molar-refractivity contribution in [3.63, 3.8) is 0 Å². The SMILES string of the molecule is Cc1[nH]n2c(=O)cc(-c3ccc([N+](=O)[O-])cc3)nc2c1-c1ccc(OC(F)(F)F)cc1. The molecule has 0 bridgehead atoms. The number of ether oxygens (including phenoxy) is 1. The van der Waals surface area contributed by atoms with E-state index in [9.17, 15) is 28.1 Å². The zero-order valence-electron chi connectivity index (χ0n) is 15.8. The molecule has 0 unspecified atom stereocenters. The van der Waals surface area contributed by atoms with Crippen LogP contribution in [0, 0.1) is 17.0 Å². The molecule has 2 heterocycles. The number of hydrogen-bond donors (Lipinski definition) is 1. The number of benzene rings is 2. The van der Waals surface area contributed by atoms with E-state index in [1.165, 1.54) is 59.1 Å². The number of nitrogens with one attached hydrogen (secondary N) is 1. The number of aryl methyl sites for hydroxylation is 1. The van der Waals surface area contributed by atoms with Crippen molar-refractivity contribution in [2.24, 2.45) is 0 Å². The maximum absolute atomic E-state index is 12.6. The third-order valence-corrected chi connectivity index (χ3v) is 4.55. The third kappa shape index (κ3) is 3.97. The molecule has 158 valence electrons. The lowest BCUT2D eigenvalue weighted by molar-refractivity contribution is -0.384. The van der Waals surface area contributed by atoms with Crippen LogP contribution >= 0.6 is 0 Å². The van der Waals surface area contributed by atoms with Gasteiger partial charge in [-0.05, 0) is 36.8 Å². The number of nitro groups is 1. The predicted octanol–water partition coefficient (Wildman–Crippen LogP) is 4.47. The Balaban J connectivity index is 1.80. The molecule has 2 aromatic carbocycles. The molecule has 0 spiro atoms. The summed E-state index contributed by atoms with van der Waals surface area (Å²) in [6.07, 6.45) is -4.80. The lowest BCUT2D eigenvalue weighted by atomic mass is 10.1. The minimum atomic E-state index is -4.80. The number of aromatic amines is 1. The Kier molecular flexibility index (Phi) is 4.72. The average molecular weight is 430 g/mol. The zero-order chi connectivity index (χ0) is 22.3. The quantitative estimate of drug-likeness (QED) is 0.380. The van der Waals surface area contributed by atoms with Crippen LogP contribution in [0.25, 0.3) is 28.0 Å². The van der Waals surface area contributed by atoms with Crippen LogP contribution in [0.2, 0.25) is 0 Å². The van der Waals surface area contributed by atoms with E-state index < -0.39 is 16.8 Å². The molecule has 11 heteroatoms. The number of fused-ring (bicyclic) bond motifs is 1. The number of rotatable bonds is 4. The summed E-state index contributed by atoms with van der Waals surface area (Å²) in [6.45, 7) is 1.70. The van der Waals surface area contributed by atoms with Crippen molar-refractivity contribution in [3.8, 4) is 28.1 Å². The van der Waals surface area contributed by atoms with E-state index in [1.807, 2.05) is 0 Å². The van der Waals surface area contributed by atoms with Gasteiger partial charge >= 0.3 is 6.36 Å². The van der Waals surface area contributed by atoms with E-state index in [0.717, 1.165) is 0 Å². The molecule has 0 amide bonds. The maximum atomic E-state index is 12.6. The number of alkyl halides is 3. The molecule has 0 atom stereocenters. The fourth-order valence-electron chi connectivity index (χ4n) is 3.22. The number of nitro benzene ring substituents is 1. The van der Waals surface area contributed by atoms with E-state index in [-0.39, 0.29) is 17.1 Å². The molecule has 0 radical (unpaired) electrons. The largest absolute Gasteiger partial charge is 0.573 e. The van der Waals surface area contributed by atoms with E-state index in [0.29, 0.717) is 28.1 Å². The first-order chi connectivity index (χ1) is 14.6. The van der Waals surface area contributed by atoms with E-state index >= 15 is 0 Å². The Morgan fingerprint density at radius 3 is 2.26 bits per heavy atom. The van der Waals surface area contributed by atoms with Crippen molar-refractivity contribution in [1.82, 2.24) is 14.6 Å². The van der Waals surface area contributed by atoms with E-state index in [4.69, 9.17) is 0 Å². The van der Waals surface area contributed by atoms with Gasteiger partial charge in [-0.2, -0.15) is 0 Å². The predicted molar refractivity (Wildman–Crippen MR) is 105 cm³/mol. The maximum Gasteiger partial charge on any atom is 0.573 e. The minimum absolute atomic E-state index is 0.0964. The van der Waals surface area contributed by atoms with Crippen LogP contribution in [0.15, 0.2) is 59.4 Å². The highest BCUT2D eigenvalue weighted by Gasteiger charge is 2.31. The van der Waals surface area contributed by atoms with Gasteiger partial charge in [-0.25, -0.2) is 9.50 Å². The Bertz CT molecular complexity index is 1340. The smallest absolute Gasteiger partial charge is 0.406 e. The minimum Gasteiger partial charge on any atom is -0.406 e. The molecule has 0 fully saturated rings. The number of aromatic nitrogens is 3. The van der Waals surface area contributed by atoms with Gasteiger partial charge in [0.1, 0.15) is 5.75 Å². The molecule has 0 saturated carbocycles.